The summed E-state index contributed by atoms with van der Waals surface area (Å²) in [7, 11) is 0. The molecule has 0 spiro atoms. The zero-order valence-corrected chi connectivity index (χ0v) is 11.7. The summed E-state index contributed by atoms with van der Waals surface area (Å²) in [5.41, 5.74) is 5.68. The van der Waals surface area contributed by atoms with E-state index in [2.05, 4.69) is 32.6 Å². The number of halogens is 1. The zero-order chi connectivity index (χ0) is 12.9. The first-order valence-electron chi connectivity index (χ1n) is 5.65. The molecule has 0 radical (unpaired) electrons. The van der Waals surface area contributed by atoms with E-state index in [4.69, 9.17) is 10.8 Å². The van der Waals surface area contributed by atoms with Crippen molar-refractivity contribution >= 4 is 33.9 Å². The second kappa shape index (κ2) is 4.04. The van der Waals surface area contributed by atoms with Crippen LogP contribution in [-0.4, -0.2) is 36.8 Å². The second-order valence-corrected chi connectivity index (χ2v) is 5.91. The third-order valence-corrected chi connectivity index (χ3v) is 3.98. The fourth-order valence-electron chi connectivity index (χ4n) is 2.48. The van der Waals surface area contributed by atoms with Gasteiger partial charge in [0.2, 0.25) is 0 Å². The lowest BCUT2D eigenvalue weighted by molar-refractivity contribution is -0.0882. The predicted molar refractivity (Wildman–Crippen MR) is 74.1 cm³/mol. The quantitative estimate of drug-likeness (QED) is 0.679. The Hall–Kier alpha value is -0.930. The van der Waals surface area contributed by atoms with E-state index in [9.17, 15) is 5.11 Å². The van der Waals surface area contributed by atoms with Crippen LogP contribution in [0.1, 0.15) is 24.6 Å². The first kappa shape index (κ1) is 12.1. The van der Waals surface area contributed by atoms with Crippen molar-refractivity contribution in [2.75, 3.05) is 12.3 Å². The number of aromatic nitrogens is 3. The van der Waals surface area contributed by atoms with Gasteiger partial charge in [-0.3, -0.25) is 4.40 Å². The molecule has 1 aliphatic rings. The number of hydrogen-bond donors (Lipinski definition) is 3. The minimum absolute atomic E-state index is 0.155. The van der Waals surface area contributed by atoms with Crippen LogP contribution in [0, 0.1) is 3.70 Å². The Labute approximate surface area is 117 Å². The van der Waals surface area contributed by atoms with Gasteiger partial charge in [0.25, 0.3) is 0 Å². The first-order chi connectivity index (χ1) is 8.52. The molecule has 1 aliphatic carbocycles. The molecule has 0 atom stereocenters. The first-order valence-corrected chi connectivity index (χ1v) is 6.72. The summed E-state index contributed by atoms with van der Waals surface area (Å²) in [6, 6.07) is 0. The third kappa shape index (κ3) is 1.77. The zero-order valence-electron chi connectivity index (χ0n) is 9.54. The van der Waals surface area contributed by atoms with Crippen LogP contribution in [0.4, 0.5) is 5.82 Å². The summed E-state index contributed by atoms with van der Waals surface area (Å²) in [6.07, 6.45) is 4.64. The largest absolute Gasteiger partial charge is 0.393 e. The topological polar surface area (TPSA) is 96.7 Å². The van der Waals surface area contributed by atoms with Crippen molar-refractivity contribution in [2.24, 2.45) is 0 Å². The fraction of sp³-hybridized carbons (Fsp3) is 0.455. The van der Waals surface area contributed by atoms with Gasteiger partial charge in [-0.05, 0) is 35.4 Å². The molecule has 2 aromatic rings. The van der Waals surface area contributed by atoms with Gasteiger partial charge in [0.15, 0.2) is 5.82 Å². The van der Waals surface area contributed by atoms with Gasteiger partial charge in [-0.1, -0.05) is 0 Å². The van der Waals surface area contributed by atoms with Crippen molar-refractivity contribution in [3.63, 3.8) is 0 Å². The average Bonchev–Trinajstić information content (AvgIpc) is 2.68. The van der Waals surface area contributed by atoms with E-state index in [1.165, 1.54) is 0 Å². The number of aliphatic hydroxyl groups excluding tert-OH is 1. The Morgan fingerprint density at radius 2 is 2.28 bits per heavy atom. The summed E-state index contributed by atoms with van der Waals surface area (Å²) in [4.78, 5) is 8.54. The van der Waals surface area contributed by atoms with Crippen LogP contribution in [0.3, 0.4) is 0 Å². The van der Waals surface area contributed by atoms with Crippen LogP contribution >= 0.6 is 22.6 Å². The van der Waals surface area contributed by atoms with Crippen molar-refractivity contribution in [2.45, 2.75) is 24.4 Å². The number of fused-ring (bicyclic) bond motifs is 1. The lowest BCUT2D eigenvalue weighted by atomic mass is 9.71. The molecule has 0 aromatic carbocycles. The van der Waals surface area contributed by atoms with Gasteiger partial charge in [-0.2, -0.15) is 0 Å². The van der Waals surface area contributed by atoms with Crippen LogP contribution in [-0.2, 0) is 0 Å². The molecule has 0 aliphatic heterocycles. The highest BCUT2D eigenvalue weighted by molar-refractivity contribution is 14.1. The van der Waals surface area contributed by atoms with Crippen LogP contribution in [0.15, 0.2) is 12.4 Å². The highest BCUT2D eigenvalue weighted by Gasteiger charge is 2.44. The molecular weight excluding hydrogens is 347 g/mol. The van der Waals surface area contributed by atoms with E-state index in [-0.39, 0.29) is 12.5 Å². The molecule has 96 valence electrons. The van der Waals surface area contributed by atoms with Gasteiger partial charge >= 0.3 is 0 Å². The van der Waals surface area contributed by atoms with E-state index in [1.54, 1.807) is 6.20 Å². The molecule has 1 fully saturated rings. The molecule has 3 rings (SSSR count). The maximum absolute atomic E-state index is 9.84. The number of rotatable bonds is 2. The fourth-order valence-corrected chi connectivity index (χ4v) is 3.02. The van der Waals surface area contributed by atoms with E-state index in [0.29, 0.717) is 18.7 Å². The Morgan fingerprint density at radius 3 is 2.94 bits per heavy atom. The molecule has 2 heterocycles. The van der Waals surface area contributed by atoms with Crippen molar-refractivity contribution in [1.82, 2.24) is 14.4 Å². The van der Waals surface area contributed by atoms with Gasteiger partial charge in [-0.15, -0.1) is 0 Å². The lowest BCUT2D eigenvalue weighted by Gasteiger charge is -2.41. The standard InChI is InChI=1S/C11H13IN4O2/c12-8-4-16-7(9(13)15-8)3-14-10(16)6-1-11(18,2-6)5-17/h3-4,6,17-18H,1-2,5H2,(H2,13,15). The van der Waals surface area contributed by atoms with Gasteiger partial charge in [0.1, 0.15) is 15.0 Å². The number of nitrogens with two attached hydrogens (primary N) is 1. The van der Waals surface area contributed by atoms with Crippen molar-refractivity contribution in [3.05, 3.63) is 21.9 Å². The van der Waals surface area contributed by atoms with Crippen LogP contribution in [0.2, 0.25) is 0 Å². The normalized spacial score (nSPS) is 27.4. The van der Waals surface area contributed by atoms with E-state index in [0.717, 1.165) is 15.0 Å². The second-order valence-electron chi connectivity index (χ2n) is 4.81. The van der Waals surface area contributed by atoms with Gasteiger partial charge in [-0.25, -0.2) is 9.97 Å². The molecule has 18 heavy (non-hydrogen) atoms. The average molecular weight is 360 g/mol. The monoisotopic (exact) mass is 360 g/mol. The van der Waals surface area contributed by atoms with E-state index in [1.807, 2.05) is 10.6 Å². The van der Waals surface area contributed by atoms with Crippen LogP contribution in [0.5, 0.6) is 0 Å². The maximum Gasteiger partial charge on any atom is 0.150 e. The number of nitrogens with zero attached hydrogens (tertiary/aromatic N) is 3. The number of hydrogen-bond acceptors (Lipinski definition) is 5. The SMILES string of the molecule is Nc1nc(I)cn2c(C3CC(O)(CO)C3)ncc12. The molecule has 2 aromatic heterocycles. The minimum Gasteiger partial charge on any atom is -0.393 e. The molecule has 0 bridgehead atoms. The number of anilines is 1. The van der Waals surface area contributed by atoms with Crippen molar-refractivity contribution in [1.29, 1.82) is 0 Å². The van der Waals surface area contributed by atoms with E-state index < -0.39 is 5.60 Å². The summed E-state index contributed by atoms with van der Waals surface area (Å²) in [6.45, 7) is -0.200. The van der Waals surface area contributed by atoms with Crippen LogP contribution in [0.25, 0.3) is 5.52 Å². The molecule has 7 heteroatoms. The maximum atomic E-state index is 9.84. The molecule has 0 unspecified atom stereocenters. The van der Waals surface area contributed by atoms with Crippen molar-refractivity contribution < 1.29 is 10.2 Å². The predicted octanol–water partition coefficient (Wildman–Crippen LogP) is 0.517. The molecule has 6 nitrogen and oxygen atoms in total. The summed E-state index contributed by atoms with van der Waals surface area (Å²) in [5, 5.41) is 18.9. The Balaban J connectivity index is 2.00. The van der Waals surface area contributed by atoms with Gasteiger partial charge in [0.05, 0.1) is 18.4 Å². The molecule has 0 saturated heterocycles. The minimum atomic E-state index is -0.942. The number of aliphatic hydroxyl groups is 2. The molecule has 1 saturated carbocycles. The summed E-state index contributed by atoms with van der Waals surface area (Å²) < 4.78 is 2.72. The highest BCUT2D eigenvalue weighted by atomic mass is 127. The number of nitrogen functional groups attached to an aromatic ring is 1. The van der Waals surface area contributed by atoms with Gasteiger partial charge in [0, 0.05) is 12.1 Å². The summed E-state index contributed by atoms with van der Waals surface area (Å²) in [5.74, 6) is 1.48. The Bertz CT molecular complexity index is 606. The molecule has 4 N–H and O–H groups in total. The molecular formula is C11H13IN4O2. The van der Waals surface area contributed by atoms with Crippen molar-refractivity contribution in [3.8, 4) is 0 Å². The van der Waals surface area contributed by atoms with Crippen LogP contribution < -0.4 is 5.73 Å². The summed E-state index contributed by atoms with van der Waals surface area (Å²) >= 11 is 2.11. The third-order valence-electron chi connectivity index (χ3n) is 3.46. The molecule has 0 amide bonds. The Kier molecular flexibility index (Phi) is 2.72. The smallest absolute Gasteiger partial charge is 0.150 e. The van der Waals surface area contributed by atoms with Gasteiger partial charge < -0.3 is 15.9 Å². The highest BCUT2D eigenvalue weighted by Crippen LogP contribution is 2.44. The Morgan fingerprint density at radius 1 is 1.56 bits per heavy atom. The number of imidazole rings is 1. The van der Waals surface area contributed by atoms with E-state index >= 15 is 0 Å². The lowest BCUT2D eigenvalue weighted by Crippen LogP contribution is -2.46.